The van der Waals surface area contributed by atoms with Crippen molar-refractivity contribution in [3.05, 3.63) is 0 Å². The lowest BCUT2D eigenvalue weighted by Crippen LogP contribution is -2.09. The van der Waals surface area contributed by atoms with Crippen LogP contribution in [0.5, 0.6) is 0 Å². The van der Waals surface area contributed by atoms with E-state index in [4.69, 9.17) is 13.0 Å². The standard InChI is InChI=1S/C4H11N.H2O3S2/c1-3-5-4-2;1-5(2,3)4/h5H,3-4H2,1-2H3;(H2,1,2,3,4). The van der Waals surface area contributed by atoms with E-state index in [1.54, 1.807) is 0 Å². The molecule has 0 aromatic heterocycles. The molecule has 0 heterocycles. The van der Waals surface area contributed by atoms with E-state index in [9.17, 15) is 0 Å². The van der Waals surface area contributed by atoms with Gasteiger partial charge in [0.05, 0.1) is 0 Å². The van der Waals surface area contributed by atoms with E-state index < -0.39 is 9.15 Å². The highest BCUT2D eigenvalue weighted by atomic mass is 33.1. The van der Waals surface area contributed by atoms with Crippen molar-refractivity contribution in [1.82, 2.24) is 5.32 Å². The van der Waals surface area contributed by atoms with Crippen molar-refractivity contribution in [2.75, 3.05) is 13.1 Å². The second kappa shape index (κ2) is 7.33. The van der Waals surface area contributed by atoms with Crippen molar-refractivity contribution in [2.24, 2.45) is 0 Å². The van der Waals surface area contributed by atoms with Gasteiger partial charge in [-0.25, -0.2) is 0 Å². The van der Waals surface area contributed by atoms with Gasteiger partial charge in [-0.05, 0) is 24.8 Å². The van der Waals surface area contributed by atoms with Crippen LogP contribution in [0.25, 0.3) is 0 Å². The zero-order chi connectivity index (χ0) is 8.62. The van der Waals surface area contributed by atoms with Gasteiger partial charge in [-0.2, -0.15) is 8.42 Å². The zero-order valence-electron chi connectivity index (χ0n) is 6.03. The SMILES string of the molecule is CCNCC.O=S(=O)(O)S. The molecule has 0 saturated heterocycles. The summed E-state index contributed by atoms with van der Waals surface area (Å²) in [7, 11) is -3.97. The van der Waals surface area contributed by atoms with E-state index in [-0.39, 0.29) is 0 Å². The molecule has 0 aliphatic heterocycles. The van der Waals surface area contributed by atoms with Crippen LogP contribution in [-0.2, 0) is 9.15 Å². The van der Waals surface area contributed by atoms with Gasteiger partial charge >= 0.3 is 9.15 Å². The van der Waals surface area contributed by atoms with Crippen LogP contribution < -0.4 is 5.32 Å². The lowest BCUT2D eigenvalue weighted by molar-refractivity contribution is 0.503. The topological polar surface area (TPSA) is 66.4 Å². The predicted octanol–water partition coefficient (Wildman–Crippen LogP) is 0.335. The summed E-state index contributed by atoms with van der Waals surface area (Å²) in [6, 6.07) is 0. The van der Waals surface area contributed by atoms with Gasteiger partial charge in [-0.15, -0.1) is 0 Å². The minimum absolute atomic E-state index is 1.09. The molecule has 4 nitrogen and oxygen atoms in total. The fourth-order valence-electron chi connectivity index (χ4n) is 0.250. The Morgan fingerprint density at radius 2 is 1.60 bits per heavy atom. The van der Waals surface area contributed by atoms with E-state index in [1.165, 1.54) is 0 Å². The van der Waals surface area contributed by atoms with Crippen LogP contribution in [-0.4, -0.2) is 26.1 Å². The summed E-state index contributed by atoms with van der Waals surface area (Å²) in [5, 5.41) is 3.11. The van der Waals surface area contributed by atoms with Gasteiger partial charge in [0.1, 0.15) is 0 Å². The molecule has 0 amide bonds. The predicted molar refractivity (Wildman–Crippen MR) is 44.8 cm³/mol. The summed E-state index contributed by atoms with van der Waals surface area (Å²) in [6.45, 7) is 6.39. The van der Waals surface area contributed by atoms with E-state index in [1.807, 2.05) is 0 Å². The minimum atomic E-state index is -3.97. The van der Waals surface area contributed by atoms with E-state index >= 15 is 0 Å². The van der Waals surface area contributed by atoms with Gasteiger partial charge in [0, 0.05) is 0 Å². The molecule has 0 unspecified atom stereocenters. The fourth-order valence-corrected chi connectivity index (χ4v) is 0.250. The molecule has 0 bridgehead atoms. The Labute approximate surface area is 66.6 Å². The second-order valence-electron chi connectivity index (χ2n) is 1.40. The lowest BCUT2D eigenvalue weighted by atomic mass is 10.7. The number of thiol groups is 1. The molecule has 10 heavy (non-hydrogen) atoms. The molecule has 0 rings (SSSR count). The summed E-state index contributed by atoms with van der Waals surface area (Å²) >= 11 is 2.65. The van der Waals surface area contributed by atoms with Crippen molar-refractivity contribution in [3.8, 4) is 0 Å². The van der Waals surface area contributed by atoms with Gasteiger partial charge in [0.2, 0.25) is 0 Å². The summed E-state index contributed by atoms with van der Waals surface area (Å²) in [5.41, 5.74) is 0. The molecule has 0 fully saturated rings. The Hall–Kier alpha value is 0.220. The average Bonchev–Trinajstić information content (AvgIpc) is 1.63. The summed E-state index contributed by atoms with van der Waals surface area (Å²) in [5.74, 6) is 0. The summed E-state index contributed by atoms with van der Waals surface area (Å²) in [4.78, 5) is 0. The molecule has 0 aliphatic rings. The monoisotopic (exact) mass is 187 g/mol. The van der Waals surface area contributed by atoms with Crippen molar-refractivity contribution in [2.45, 2.75) is 13.8 Å². The molecule has 6 heteroatoms. The minimum Gasteiger partial charge on any atom is -0.317 e. The van der Waals surface area contributed by atoms with Crippen LogP contribution in [0.4, 0.5) is 0 Å². The van der Waals surface area contributed by atoms with Crippen LogP contribution in [0, 0.1) is 0 Å². The van der Waals surface area contributed by atoms with Crippen molar-refractivity contribution in [1.29, 1.82) is 0 Å². The van der Waals surface area contributed by atoms with Crippen molar-refractivity contribution < 1.29 is 13.0 Å². The van der Waals surface area contributed by atoms with Crippen LogP contribution in [0.2, 0.25) is 0 Å². The molecular formula is C4H13NO3S2. The Kier molecular flexibility index (Phi) is 9.42. The number of nitrogens with one attached hydrogen (secondary N) is 1. The van der Waals surface area contributed by atoms with E-state index in [2.05, 4.69) is 30.8 Å². The number of hydrogen-bond acceptors (Lipinski definition) is 3. The molecule has 2 N–H and O–H groups in total. The van der Waals surface area contributed by atoms with Crippen LogP contribution >= 0.6 is 11.7 Å². The van der Waals surface area contributed by atoms with Gasteiger partial charge in [0.15, 0.2) is 0 Å². The zero-order valence-corrected chi connectivity index (χ0v) is 7.74. The van der Waals surface area contributed by atoms with Gasteiger partial charge in [-0.1, -0.05) is 13.8 Å². The van der Waals surface area contributed by atoms with E-state index in [0.29, 0.717) is 0 Å². The highest BCUT2D eigenvalue weighted by Crippen LogP contribution is 1.81. The maximum Gasteiger partial charge on any atom is 0.316 e. The number of rotatable bonds is 2. The first-order valence-corrected chi connectivity index (χ1v) is 5.31. The van der Waals surface area contributed by atoms with Crippen molar-refractivity contribution in [3.63, 3.8) is 0 Å². The Bertz CT molecular complexity index is 133. The highest BCUT2D eigenvalue weighted by Gasteiger charge is 1.83. The lowest BCUT2D eigenvalue weighted by Gasteiger charge is -1.86. The Balaban J connectivity index is 0. The molecule has 0 aromatic rings. The third-order valence-electron chi connectivity index (χ3n) is 0.500. The summed E-state index contributed by atoms with van der Waals surface area (Å²) in [6.07, 6.45) is 0. The van der Waals surface area contributed by atoms with E-state index in [0.717, 1.165) is 13.1 Å². The highest BCUT2D eigenvalue weighted by molar-refractivity contribution is 8.61. The molecule has 0 atom stereocenters. The maximum absolute atomic E-state index is 9.05. The third-order valence-corrected chi connectivity index (χ3v) is 0.500. The molecule has 0 aromatic carbocycles. The Morgan fingerprint density at radius 3 is 1.60 bits per heavy atom. The quantitative estimate of drug-likeness (QED) is 0.331. The second-order valence-corrected chi connectivity index (χ2v) is 3.68. The van der Waals surface area contributed by atoms with Gasteiger partial charge < -0.3 is 5.32 Å². The molecule has 0 radical (unpaired) electrons. The molecule has 0 saturated carbocycles. The smallest absolute Gasteiger partial charge is 0.316 e. The summed E-state index contributed by atoms with van der Waals surface area (Å²) < 4.78 is 25.5. The molecule has 64 valence electrons. The van der Waals surface area contributed by atoms with Gasteiger partial charge in [0.25, 0.3) is 0 Å². The first-order chi connectivity index (χ1) is 4.41. The first-order valence-electron chi connectivity index (χ1n) is 2.82. The van der Waals surface area contributed by atoms with Crippen LogP contribution in [0.15, 0.2) is 0 Å². The first kappa shape index (κ1) is 12.9. The molecule has 0 aliphatic carbocycles. The Morgan fingerprint density at radius 1 is 1.40 bits per heavy atom. The molecular weight excluding hydrogens is 174 g/mol. The molecule has 0 spiro atoms. The van der Waals surface area contributed by atoms with Crippen molar-refractivity contribution >= 4 is 20.8 Å². The van der Waals surface area contributed by atoms with Crippen LogP contribution in [0.1, 0.15) is 13.8 Å². The largest absolute Gasteiger partial charge is 0.317 e. The third kappa shape index (κ3) is 86.9. The fraction of sp³-hybridized carbons (Fsp3) is 1.00. The maximum atomic E-state index is 9.05. The number of hydrogen-bond donors (Lipinski definition) is 3. The average molecular weight is 187 g/mol. The normalized spacial score (nSPS) is 10.0. The van der Waals surface area contributed by atoms with Gasteiger partial charge in [-0.3, -0.25) is 4.55 Å². The van der Waals surface area contributed by atoms with Crippen LogP contribution in [0.3, 0.4) is 0 Å².